The van der Waals surface area contributed by atoms with Crippen LogP contribution in [0.1, 0.15) is 29.0 Å². The first-order chi connectivity index (χ1) is 13.7. The molecule has 0 fully saturated rings. The molecule has 2 N–H and O–H groups in total. The lowest BCUT2D eigenvalue weighted by Gasteiger charge is -2.13. The van der Waals surface area contributed by atoms with Gasteiger partial charge < -0.3 is 10.3 Å². The molecule has 1 aliphatic rings. The number of nitrogens with one attached hydrogen (secondary N) is 2. The molecule has 2 aromatic heterocycles. The summed E-state index contributed by atoms with van der Waals surface area (Å²) in [5.41, 5.74) is 5.97. The largest absolute Gasteiger partial charge is 0.367 e. The van der Waals surface area contributed by atoms with Crippen LogP contribution in [-0.4, -0.2) is 15.9 Å². The van der Waals surface area contributed by atoms with Gasteiger partial charge in [-0.1, -0.05) is 35.9 Å². The van der Waals surface area contributed by atoms with E-state index < -0.39 is 0 Å². The zero-order chi connectivity index (χ0) is 19.1. The van der Waals surface area contributed by atoms with E-state index >= 15 is 0 Å². The molecular weight excluding hydrogens is 346 g/mol. The Bertz CT molecular complexity index is 1180. The van der Waals surface area contributed by atoms with Crippen LogP contribution in [0, 0.1) is 6.92 Å². The van der Waals surface area contributed by atoms with Gasteiger partial charge in [-0.25, -0.2) is 4.98 Å². The molecular formula is C24H21N3O. The lowest BCUT2D eigenvalue weighted by atomic mass is 9.99. The fraction of sp³-hybridized carbons (Fsp3) is 0.167. The molecule has 0 saturated carbocycles. The first kappa shape index (κ1) is 16.8. The van der Waals surface area contributed by atoms with Crippen molar-refractivity contribution in [3.63, 3.8) is 0 Å². The van der Waals surface area contributed by atoms with Gasteiger partial charge in [0.15, 0.2) is 0 Å². The number of hydrogen-bond acceptors (Lipinski definition) is 2. The molecule has 1 unspecified atom stereocenters. The minimum absolute atomic E-state index is 0.0243. The number of rotatable bonds is 3. The summed E-state index contributed by atoms with van der Waals surface area (Å²) in [7, 11) is 0. The summed E-state index contributed by atoms with van der Waals surface area (Å²) in [5, 5.41) is 5.15. The van der Waals surface area contributed by atoms with E-state index in [2.05, 4.69) is 58.6 Å². The van der Waals surface area contributed by atoms with Crippen molar-refractivity contribution in [3.8, 4) is 11.1 Å². The normalized spacial score (nSPS) is 15.5. The molecule has 28 heavy (non-hydrogen) atoms. The average Bonchev–Trinajstić information content (AvgIpc) is 3.37. The van der Waals surface area contributed by atoms with Crippen LogP contribution in [0.2, 0.25) is 0 Å². The molecule has 2 aromatic carbocycles. The van der Waals surface area contributed by atoms with Crippen LogP contribution in [0.15, 0.2) is 67.1 Å². The molecule has 4 nitrogen and oxygen atoms in total. The van der Waals surface area contributed by atoms with Crippen molar-refractivity contribution >= 4 is 22.5 Å². The molecule has 0 saturated heterocycles. The van der Waals surface area contributed by atoms with Crippen LogP contribution in [-0.2, 0) is 11.2 Å². The van der Waals surface area contributed by atoms with Gasteiger partial charge in [-0.05, 0) is 65.6 Å². The van der Waals surface area contributed by atoms with E-state index in [1.165, 1.54) is 11.1 Å². The first-order valence-corrected chi connectivity index (χ1v) is 9.61. The molecule has 0 radical (unpaired) electrons. The van der Waals surface area contributed by atoms with Crippen molar-refractivity contribution in [2.24, 2.45) is 0 Å². The number of benzene rings is 2. The molecule has 1 atom stereocenters. The van der Waals surface area contributed by atoms with E-state index in [4.69, 9.17) is 0 Å². The maximum atomic E-state index is 12.9. The maximum Gasteiger partial charge on any atom is 0.233 e. The number of fused-ring (bicyclic) bond motifs is 2. The fourth-order valence-corrected chi connectivity index (χ4v) is 4.12. The zero-order valence-electron chi connectivity index (χ0n) is 15.7. The summed E-state index contributed by atoms with van der Waals surface area (Å²) >= 11 is 0. The SMILES string of the molecule is Cc1ccc2c(c1)CCC2C(=O)Nc1cc2cc(-c3cc[nH]c3)ccc2cn1. The lowest BCUT2D eigenvalue weighted by Crippen LogP contribution is -2.20. The van der Waals surface area contributed by atoms with Gasteiger partial charge in [-0.2, -0.15) is 0 Å². The predicted molar refractivity (Wildman–Crippen MR) is 112 cm³/mol. The highest BCUT2D eigenvalue weighted by molar-refractivity contribution is 5.98. The maximum absolute atomic E-state index is 12.9. The fourth-order valence-electron chi connectivity index (χ4n) is 4.12. The number of pyridine rings is 1. The molecule has 5 rings (SSSR count). The van der Waals surface area contributed by atoms with Crippen LogP contribution in [0.25, 0.3) is 21.9 Å². The van der Waals surface area contributed by atoms with Gasteiger partial charge in [0, 0.05) is 24.0 Å². The molecule has 0 spiro atoms. The smallest absolute Gasteiger partial charge is 0.233 e. The van der Waals surface area contributed by atoms with Crippen molar-refractivity contribution < 1.29 is 4.79 Å². The van der Waals surface area contributed by atoms with Crippen LogP contribution >= 0.6 is 0 Å². The molecule has 138 valence electrons. The Kier molecular flexibility index (Phi) is 3.97. The third-order valence-corrected chi connectivity index (χ3v) is 5.60. The van der Waals surface area contributed by atoms with E-state index in [-0.39, 0.29) is 11.8 Å². The standard InChI is InChI=1S/C24H21N3O/c1-15-2-6-21-17(10-15)5-7-22(21)24(28)27-23-12-20-11-16(19-8-9-25-13-19)3-4-18(20)14-26-23/h2-4,6,8-14,22,25H,5,7H2,1H3,(H,26,27,28). The first-order valence-electron chi connectivity index (χ1n) is 9.61. The van der Waals surface area contributed by atoms with Gasteiger partial charge in [0.05, 0.1) is 5.92 Å². The highest BCUT2D eigenvalue weighted by Gasteiger charge is 2.28. The van der Waals surface area contributed by atoms with E-state index in [9.17, 15) is 4.79 Å². The molecule has 0 aliphatic heterocycles. The molecule has 1 aliphatic carbocycles. The third-order valence-electron chi connectivity index (χ3n) is 5.60. The summed E-state index contributed by atoms with van der Waals surface area (Å²) < 4.78 is 0. The number of aromatic nitrogens is 2. The topological polar surface area (TPSA) is 57.8 Å². The third kappa shape index (κ3) is 2.97. The number of carbonyl (C=O) groups is 1. The van der Waals surface area contributed by atoms with E-state index in [1.54, 1.807) is 0 Å². The van der Waals surface area contributed by atoms with Crippen molar-refractivity contribution in [1.82, 2.24) is 9.97 Å². The van der Waals surface area contributed by atoms with Crippen molar-refractivity contribution in [3.05, 3.63) is 83.8 Å². The van der Waals surface area contributed by atoms with Crippen LogP contribution in [0.3, 0.4) is 0 Å². The van der Waals surface area contributed by atoms with Crippen molar-refractivity contribution in [2.45, 2.75) is 25.7 Å². The second-order valence-electron chi connectivity index (χ2n) is 7.51. The second-order valence-corrected chi connectivity index (χ2v) is 7.51. The minimum Gasteiger partial charge on any atom is -0.367 e. The zero-order valence-corrected chi connectivity index (χ0v) is 15.7. The van der Waals surface area contributed by atoms with Crippen LogP contribution in [0.5, 0.6) is 0 Å². The second kappa shape index (κ2) is 6.64. The monoisotopic (exact) mass is 367 g/mol. The number of aryl methyl sites for hydroxylation is 2. The Hall–Kier alpha value is -3.40. The Morgan fingerprint density at radius 1 is 1.07 bits per heavy atom. The average molecular weight is 367 g/mol. The van der Waals surface area contributed by atoms with Gasteiger partial charge in [0.25, 0.3) is 0 Å². The number of amides is 1. The van der Waals surface area contributed by atoms with E-state index in [0.29, 0.717) is 5.82 Å². The van der Waals surface area contributed by atoms with E-state index in [0.717, 1.165) is 40.3 Å². The molecule has 0 bridgehead atoms. The van der Waals surface area contributed by atoms with Crippen molar-refractivity contribution in [1.29, 1.82) is 0 Å². The van der Waals surface area contributed by atoms with Gasteiger partial charge in [-0.15, -0.1) is 0 Å². The van der Waals surface area contributed by atoms with Gasteiger partial charge >= 0.3 is 0 Å². The Balaban J connectivity index is 1.42. The Morgan fingerprint density at radius 3 is 2.86 bits per heavy atom. The van der Waals surface area contributed by atoms with Crippen LogP contribution in [0.4, 0.5) is 5.82 Å². The summed E-state index contributed by atoms with van der Waals surface area (Å²) in [4.78, 5) is 20.4. The molecule has 4 heteroatoms. The summed E-state index contributed by atoms with van der Waals surface area (Å²) in [6, 6.07) is 16.6. The number of aromatic amines is 1. The summed E-state index contributed by atoms with van der Waals surface area (Å²) in [6.45, 7) is 2.09. The summed E-state index contributed by atoms with van der Waals surface area (Å²) in [6.07, 6.45) is 7.52. The lowest BCUT2D eigenvalue weighted by molar-refractivity contribution is -0.117. The highest BCUT2D eigenvalue weighted by atomic mass is 16.1. The van der Waals surface area contributed by atoms with Gasteiger partial charge in [-0.3, -0.25) is 4.79 Å². The number of H-pyrrole nitrogens is 1. The van der Waals surface area contributed by atoms with E-state index in [1.807, 2.05) is 30.7 Å². The number of carbonyl (C=O) groups excluding carboxylic acids is 1. The van der Waals surface area contributed by atoms with Crippen molar-refractivity contribution in [2.75, 3.05) is 5.32 Å². The summed E-state index contributed by atoms with van der Waals surface area (Å²) in [5.74, 6) is 0.528. The molecule has 2 heterocycles. The highest BCUT2D eigenvalue weighted by Crippen LogP contribution is 2.34. The number of anilines is 1. The Labute approximate surface area is 163 Å². The molecule has 1 amide bonds. The minimum atomic E-state index is -0.0979. The molecule has 4 aromatic rings. The Morgan fingerprint density at radius 2 is 2.00 bits per heavy atom. The number of nitrogens with zero attached hydrogens (tertiary/aromatic N) is 1. The number of hydrogen-bond donors (Lipinski definition) is 2. The van der Waals surface area contributed by atoms with Crippen LogP contribution < -0.4 is 5.32 Å². The quantitative estimate of drug-likeness (QED) is 0.522. The van der Waals surface area contributed by atoms with Gasteiger partial charge in [0.1, 0.15) is 5.82 Å². The van der Waals surface area contributed by atoms with Gasteiger partial charge in [0.2, 0.25) is 5.91 Å². The predicted octanol–water partition coefficient (Wildman–Crippen LogP) is 5.21.